The van der Waals surface area contributed by atoms with Crippen LogP contribution in [0, 0.1) is 0 Å². The fourth-order valence-corrected chi connectivity index (χ4v) is 9.24. The molecule has 2 heterocycles. The molecule has 396 valence electrons. The average Bonchev–Trinajstić information content (AvgIpc) is 3.50. The summed E-state index contributed by atoms with van der Waals surface area (Å²) < 4.78 is 80.5. The van der Waals surface area contributed by atoms with E-state index < -0.39 is 67.4 Å². The van der Waals surface area contributed by atoms with E-state index in [2.05, 4.69) is 0 Å². The molecule has 0 N–H and O–H groups in total. The van der Waals surface area contributed by atoms with Gasteiger partial charge < -0.3 is 56.8 Å². The van der Waals surface area contributed by atoms with Crippen LogP contribution in [-0.2, 0) is 91.7 Å². The molecule has 7 aromatic rings. The second-order valence-electron chi connectivity index (χ2n) is 18.6. The molecule has 10 atom stereocenters. The normalized spacial score (nSPS) is 23.4. The molecule has 0 aromatic heterocycles. The van der Waals surface area contributed by atoms with Gasteiger partial charge in [-0.3, -0.25) is 0 Å². The van der Waals surface area contributed by atoms with Crippen LogP contribution < -0.4 is 4.74 Å². The molecule has 0 spiro atoms. The molecule has 0 aliphatic carbocycles. The fraction of sp³-hybridized carbons (Fsp3) is 0.317. The summed E-state index contributed by atoms with van der Waals surface area (Å²) in [4.78, 5) is 14.4. The van der Waals surface area contributed by atoms with Crippen molar-refractivity contribution in [3.63, 3.8) is 0 Å². The zero-order valence-electron chi connectivity index (χ0n) is 42.9. The molecule has 0 bridgehead atoms. The Morgan fingerprint density at radius 2 is 0.724 bits per heavy atom. The predicted molar refractivity (Wildman–Crippen MR) is 284 cm³/mol. The third kappa shape index (κ3) is 15.3. The summed E-state index contributed by atoms with van der Waals surface area (Å²) in [5.74, 6) is -0.0114. The van der Waals surface area contributed by atoms with E-state index in [1.54, 1.807) is 38.5 Å². The first-order valence-electron chi connectivity index (χ1n) is 25.7. The predicted octanol–water partition coefficient (Wildman–Crippen LogP) is 10.5. The zero-order valence-corrected chi connectivity index (χ0v) is 42.9. The molecule has 2 aliphatic rings. The first kappa shape index (κ1) is 54.2. The van der Waals surface area contributed by atoms with E-state index in [1.165, 1.54) is 0 Å². The van der Waals surface area contributed by atoms with Crippen LogP contribution in [-0.4, -0.2) is 94.8 Å². The van der Waals surface area contributed by atoms with Gasteiger partial charge in [-0.15, -0.1) is 0 Å². The highest BCUT2D eigenvalue weighted by Gasteiger charge is 2.55. The summed E-state index contributed by atoms with van der Waals surface area (Å²) in [7, 11) is 3.15. The third-order valence-electron chi connectivity index (χ3n) is 13.2. The van der Waals surface area contributed by atoms with Crippen molar-refractivity contribution >= 4 is 5.97 Å². The summed E-state index contributed by atoms with van der Waals surface area (Å²) in [6.45, 7) is 1.27. The second kappa shape index (κ2) is 28.5. The van der Waals surface area contributed by atoms with E-state index in [1.807, 2.05) is 182 Å². The van der Waals surface area contributed by atoms with Crippen molar-refractivity contribution in [2.24, 2.45) is 0 Å². The van der Waals surface area contributed by atoms with Crippen molar-refractivity contribution in [3.8, 4) is 5.75 Å². The Labute approximate surface area is 445 Å². The Morgan fingerprint density at radius 1 is 0.382 bits per heavy atom. The fourth-order valence-electron chi connectivity index (χ4n) is 9.24. The van der Waals surface area contributed by atoms with Crippen molar-refractivity contribution in [2.45, 2.75) is 101 Å². The van der Waals surface area contributed by atoms with E-state index in [-0.39, 0.29) is 46.2 Å². The Morgan fingerprint density at radius 3 is 1.12 bits per heavy atom. The number of methoxy groups -OCH3 is 2. The van der Waals surface area contributed by atoms with Gasteiger partial charge in [-0.05, 0) is 57.6 Å². The summed E-state index contributed by atoms with van der Waals surface area (Å²) in [6.07, 6.45) is -9.70. The number of benzene rings is 7. The van der Waals surface area contributed by atoms with Crippen LogP contribution in [0.2, 0.25) is 0 Å². The second-order valence-corrected chi connectivity index (χ2v) is 18.6. The van der Waals surface area contributed by atoms with E-state index in [4.69, 9.17) is 56.8 Å². The van der Waals surface area contributed by atoms with Gasteiger partial charge in [0.25, 0.3) is 0 Å². The van der Waals surface area contributed by atoms with E-state index in [0.717, 1.165) is 33.4 Å². The summed E-state index contributed by atoms with van der Waals surface area (Å²) in [6, 6.07) is 65.8. The van der Waals surface area contributed by atoms with Gasteiger partial charge in [-0.25, -0.2) is 4.79 Å². The van der Waals surface area contributed by atoms with E-state index >= 15 is 0 Å². The van der Waals surface area contributed by atoms with Crippen LogP contribution in [0.25, 0.3) is 0 Å². The number of hydrogen-bond donors (Lipinski definition) is 0. The maximum Gasteiger partial charge on any atom is 0.338 e. The standard InChI is InChI=1S/C63H66O13/c1-65-52-35-33-51(34-36-52)61(64)75-55-53(43-67-37-45-21-9-3-10-22-45)74-63(60(72-42-50-31-19-8-20-32-50)57(55)69-39-47-25-13-5-14-26-47)76-56-54(44-68-38-46-23-11-4-12-24-46)73-62(66-2)59(71-41-49-29-17-7-18-30-49)58(56)70-40-48-27-15-6-16-28-48/h3-36,53-60,62-63H,37-44H2,1-2H3/t53-,54-,55+,56-,57+,58+,59-,60-,62+,63-/m1/s1. The Hall–Kier alpha value is -6.59. The molecule has 0 unspecified atom stereocenters. The Kier molecular flexibility index (Phi) is 20.3. The van der Waals surface area contributed by atoms with E-state index in [9.17, 15) is 4.79 Å². The monoisotopic (exact) mass is 1030 g/mol. The van der Waals surface area contributed by atoms with Gasteiger partial charge in [0.05, 0.1) is 65.5 Å². The van der Waals surface area contributed by atoms with Crippen LogP contribution >= 0.6 is 0 Å². The highest BCUT2D eigenvalue weighted by atomic mass is 16.8. The maximum atomic E-state index is 14.4. The zero-order chi connectivity index (χ0) is 52.2. The van der Waals surface area contributed by atoms with Crippen molar-refractivity contribution in [2.75, 3.05) is 27.4 Å². The highest BCUT2D eigenvalue weighted by molar-refractivity contribution is 5.89. The molecular weight excluding hydrogens is 965 g/mol. The van der Waals surface area contributed by atoms with Crippen LogP contribution in [0.3, 0.4) is 0 Å². The van der Waals surface area contributed by atoms with Gasteiger partial charge in [-0.2, -0.15) is 0 Å². The minimum atomic E-state index is -1.23. The van der Waals surface area contributed by atoms with Crippen molar-refractivity contribution < 1.29 is 61.6 Å². The first-order valence-corrected chi connectivity index (χ1v) is 25.7. The SMILES string of the molecule is COc1ccc(C(=O)O[C@@H]2[C@H](OCc3ccccc3)[C@@H](OCc3ccccc3)[C@@H](O[C@H]3[C@H](OCc4ccccc4)[C@@H](OCc4ccccc4)[C@@H](OC)O[C@@H]3COCc3ccccc3)O[C@@H]2COCc2ccccc2)cc1. The minimum absolute atomic E-state index is 0.0286. The number of esters is 1. The van der Waals surface area contributed by atoms with Crippen molar-refractivity contribution in [1.29, 1.82) is 0 Å². The summed E-state index contributed by atoms with van der Waals surface area (Å²) in [5.41, 5.74) is 5.89. The maximum absolute atomic E-state index is 14.4. The van der Waals surface area contributed by atoms with Crippen LogP contribution in [0.15, 0.2) is 206 Å². The number of carbonyl (C=O) groups is 1. The first-order chi connectivity index (χ1) is 37.5. The van der Waals surface area contributed by atoms with Crippen LogP contribution in [0.1, 0.15) is 43.7 Å². The third-order valence-corrected chi connectivity index (χ3v) is 13.2. The lowest BCUT2D eigenvalue weighted by atomic mass is 9.95. The number of hydrogen-bond acceptors (Lipinski definition) is 13. The van der Waals surface area contributed by atoms with Gasteiger partial charge in [0.2, 0.25) is 0 Å². The summed E-state index contributed by atoms with van der Waals surface area (Å²) in [5, 5.41) is 0. The summed E-state index contributed by atoms with van der Waals surface area (Å²) >= 11 is 0. The molecule has 2 fully saturated rings. The van der Waals surface area contributed by atoms with Gasteiger partial charge in [0.15, 0.2) is 18.7 Å². The molecule has 7 aromatic carbocycles. The number of ether oxygens (including phenoxy) is 12. The molecule has 13 nitrogen and oxygen atoms in total. The largest absolute Gasteiger partial charge is 0.497 e. The minimum Gasteiger partial charge on any atom is -0.497 e. The smallest absolute Gasteiger partial charge is 0.338 e. The van der Waals surface area contributed by atoms with Gasteiger partial charge in [0, 0.05) is 7.11 Å². The molecule has 9 rings (SSSR count). The van der Waals surface area contributed by atoms with Crippen molar-refractivity contribution in [1.82, 2.24) is 0 Å². The molecule has 0 saturated carbocycles. The lowest BCUT2D eigenvalue weighted by molar-refractivity contribution is -0.373. The topological polar surface area (TPSA) is 128 Å². The molecule has 76 heavy (non-hydrogen) atoms. The molecule has 0 radical (unpaired) electrons. The highest BCUT2D eigenvalue weighted by Crippen LogP contribution is 2.37. The Balaban J connectivity index is 1.12. The molecule has 2 saturated heterocycles. The average molecular weight is 1030 g/mol. The van der Waals surface area contributed by atoms with Gasteiger partial charge in [-0.1, -0.05) is 182 Å². The number of rotatable bonds is 26. The van der Waals surface area contributed by atoms with Crippen LogP contribution in [0.4, 0.5) is 0 Å². The molecule has 0 amide bonds. The molecular formula is C63H66O13. The van der Waals surface area contributed by atoms with Gasteiger partial charge in [0.1, 0.15) is 48.5 Å². The quantitative estimate of drug-likeness (QED) is 0.0478. The van der Waals surface area contributed by atoms with E-state index in [0.29, 0.717) is 17.9 Å². The van der Waals surface area contributed by atoms with Gasteiger partial charge >= 0.3 is 5.97 Å². The van der Waals surface area contributed by atoms with Crippen molar-refractivity contribution in [3.05, 3.63) is 245 Å². The molecule has 13 heteroatoms. The lowest BCUT2D eigenvalue weighted by Crippen LogP contribution is -2.66. The Bertz CT molecular complexity index is 2720. The number of carbonyl (C=O) groups excluding carboxylic acids is 1. The molecule has 2 aliphatic heterocycles. The lowest BCUT2D eigenvalue weighted by Gasteiger charge is -2.50. The van der Waals surface area contributed by atoms with Crippen LogP contribution in [0.5, 0.6) is 5.75 Å².